The molecule has 0 bridgehead atoms. The summed E-state index contributed by atoms with van der Waals surface area (Å²) in [7, 11) is 0. The van der Waals surface area contributed by atoms with Gasteiger partial charge in [-0.05, 0) is 75.0 Å². The van der Waals surface area contributed by atoms with Gasteiger partial charge in [0.05, 0.1) is 11.1 Å². The first-order valence-electron chi connectivity index (χ1n) is 13.6. The first-order chi connectivity index (χ1) is 16.0. The molecule has 0 radical (unpaired) electrons. The molecule has 0 aromatic carbocycles. The van der Waals surface area contributed by atoms with Gasteiger partial charge in [0.1, 0.15) is 12.2 Å². The third-order valence-electron chi connectivity index (χ3n) is 8.57. The van der Waals surface area contributed by atoms with Crippen LogP contribution in [0.25, 0.3) is 0 Å². The van der Waals surface area contributed by atoms with E-state index in [9.17, 15) is 9.59 Å². The summed E-state index contributed by atoms with van der Waals surface area (Å²) in [6.07, 6.45) is 6.55. The lowest BCUT2D eigenvalue weighted by molar-refractivity contribution is -0.151. The lowest BCUT2D eigenvalue weighted by Gasteiger charge is -2.37. The second-order valence-corrected chi connectivity index (χ2v) is 12.0. The van der Waals surface area contributed by atoms with Crippen molar-refractivity contribution in [2.45, 2.75) is 113 Å². The second kappa shape index (κ2) is 11.3. The Balaban J connectivity index is 1.70. The summed E-state index contributed by atoms with van der Waals surface area (Å²) < 4.78 is 12.2. The topological polar surface area (TPSA) is 64.6 Å². The quantitative estimate of drug-likeness (QED) is 0.444. The third-order valence-corrected chi connectivity index (χ3v) is 8.57. The maximum Gasteiger partial charge on any atom is 0.336 e. The van der Waals surface area contributed by atoms with E-state index in [4.69, 9.17) is 9.47 Å². The zero-order valence-electron chi connectivity index (χ0n) is 22.7. The fourth-order valence-electron chi connectivity index (χ4n) is 6.24. The smallest absolute Gasteiger partial charge is 0.336 e. The van der Waals surface area contributed by atoms with E-state index in [1.807, 2.05) is 13.8 Å². The van der Waals surface area contributed by atoms with Crippen molar-refractivity contribution in [3.63, 3.8) is 0 Å². The number of nitrogens with one attached hydrogen (secondary N) is 1. The van der Waals surface area contributed by atoms with Crippen molar-refractivity contribution in [1.82, 2.24) is 5.32 Å². The van der Waals surface area contributed by atoms with Crippen LogP contribution in [0.4, 0.5) is 0 Å². The molecular weight excluding hydrogens is 426 g/mol. The van der Waals surface area contributed by atoms with Gasteiger partial charge in [0.25, 0.3) is 0 Å². The van der Waals surface area contributed by atoms with Gasteiger partial charge >= 0.3 is 11.9 Å². The highest BCUT2D eigenvalue weighted by Gasteiger charge is 2.37. The first-order valence-corrected chi connectivity index (χ1v) is 13.6. The molecule has 3 aliphatic rings. The molecule has 1 aliphatic heterocycles. The molecule has 2 aliphatic carbocycles. The van der Waals surface area contributed by atoms with Crippen LogP contribution in [0.5, 0.6) is 0 Å². The maximum absolute atomic E-state index is 13.3. The SMILES string of the molecule is CC1=C(C(=O)O[C@@H]2C[C@H](C)CC[C@@H]2C(C)C)CC(C(=O)O[C@@H]2C[C@H](C)CC[C@@H]2C(C)C)=C(C)N1. The highest BCUT2D eigenvalue weighted by Crippen LogP contribution is 2.38. The summed E-state index contributed by atoms with van der Waals surface area (Å²) in [6, 6.07) is 0. The Morgan fingerprint density at radius 2 is 1.12 bits per heavy atom. The van der Waals surface area contributed by atoms with Crippen molar-refractivity contribution < 1.29 is 19.1 Å². The van der Waals surface area contributed by atoms with E-state index in [2.05, 4.69) is 46.9 Å². The van der Waals surface area contributed by atoms with Gasteiger partial charge in [0.2, 0.25) is 0 Å². The van der Waals surface area contributed by atoms with Crippen molar-refractivity contribution in [2.24, 2.45) is 35.5 Å². The summed E-state index contributed by atoms with van der Waals surface area (Å²) in [4.78, 5) is 26.6. The molecule has 1 heterocycles. The Hall–Kier alpha value is -1.78. The van der Waals surface area contributed by atoms with Gasteiger partial charge in [-0.1, -0.05) is 54.4 Å². The van der Waals surface area contributed by atoms with Crippen LogP contribution in [-0.2, 0) is 19.1 Å². The van der Waals surface area contributed by atoms with Crippen molar-refractivity contribution in [2.75, 3.05) is 0 Å². The van der Waals surface area contributed by atoms with Gasteiger partial charge in [0, 0.05) is 17.8 Å². The van der Waals surface area contributed by atoms with E-state index in [0.717, 1.165) is 37.1 Å². The van der Waals surface area contributed by atoms with Crippen LogP contribution in [-0.4, -0.2) is 24.1 Å². The molecule has 192 valence electrons. The predicted octanol–water partition coefficient (Wildman–Crippen LogP) is 6.54. The van der Waals surface area contributed by atoms with Crippen molar-refractivity contribution in [1.29, 1.82) is 0 Å². The monoisotopic (exact) mass is 473 g/mol. The standard InChI is InChI=1S/C29H47NO4/c1-16(2)22-11-9-18(5)13-26(22)33-28(31)24-15-25(21(8)30-20(24)7)29(32)34-27-14-19(6)10-12-23(27)17(3)4/h16-19,22-23,26-27,30H,9-15H2,1-8H3/t18-,19-,22-,23-,26-,27-/m1/s1. The van der Waals surface area contributed by atoms with Crippen LogP contribution < -0.4 is 5.32 Å². The molecule has 34 heavy (non-hydrogen) atoms. The van der Waals surface area contributed by atoms with Crippen LogP contribution in [0, 0.1) is 35.5 Å². The number of carbonyl (C=O) groups excluding carboxylic acids is 2. The molecule has 5 nitrogen and oxygen atoms in total. The zero-order valence-corrected chi connectivity index (χ0v) is 22.7. The molecule has 2 saturated carbocycles. The first kappa shape index (κ1) is 26.8. The van der Waals surface area contributed by atoms with Gasteiger partial charge in [-0.2, -0.15) is 0 Å². The average molecular weight is 474 g/mol. The number of ether oxygens (including phenoxy) is 2. The Labute approximate surface area is 207 Å². The lowest BCUT2D eigenvalue weighted by atomic mass is 9.75. The molecule has 0 saturated heterocycles. The largest absolute Gasteiger partial charge is 0.459 e. The fourth-order valence-corrected chi connectivity index (χ4v) is 6.24. The Kier molecular flexibility index (Phi) is 8.92. The number of hydrogen-bond acceptors (Lipinski definition) is 5. The molecule has 0 unspecified atom stereocenters. The number of rotatable bonds is 6. The van der Waals surface area contributed by atoms with Crippen molar-refractivity contribution in [3.8, 4) is 0 Å². The molecular formula is C29H47NO4. The normalized spacial score (nSPS) is 32.6. The van der Waals surface area contributed by atoms with Gasteiger partial charge in [0.15, 0.2) is 0 Å². The molecule has 6 atom stereocenters. The van der Waals surface area contributed by atoms with Crippen LogP contribution >= 0.6 is 0 Å². The minimum Gasteiger partial charge on any atom is -0.459 e. The molecule has 5 heteroatoms. The summed E-state index contributed by atoms with van der Waals surface area (Å²) in [5.74, 6) is 2.27. The Morgan fingerprint density at radius 3 is 1.47 bits per heavy atom. The van der Waals surface area contributed by atoms with E-state index in [1.165, 1.54) is 12.8 Å². The van der Waals surface area contributed by atoms with Crippen molar-refractivity contribution in [3.05, 3.63) is 22.5 Å². The molecule has 3 rings (SSSR count). The molecule has 0 amide bonds. The highest BCUT2D eigenvalue weighted by atomic mass is 16.5. The van der Waals surface area contributed by atoms with Crippen LogP contribution in [0.1, 0.15) is 100 Å². The lowest BCUT2D eigenvalue weighted by Crippen LogP contribution is -2.38. The summed E-state index contributed by atoms with van der Waals surface area (Å²) in [5.41, 5.74) is 2.65. The average Bonchev–Trinajstić information content (AvgIpc) is 2.73. The molecule has 0 spiro atoms. The number of carbonyl (C=O) groups is 2. The zero-order chi connectivity index (χ0) is 25.2. The van der Waals surface area contributed by atoms with Crippen LogP contribution in [0.3, 0.4) is 0 Å². The molecule has 0 aromatic heterocycles. The number of dihydropyridines is 1. The molecule has 0 aromatic rings. The minimum atomic E-state index is -0.293. The van der Waals surface area contributed by atoms with E-state index in [0.29, 0.717) is 46.7 Å². The Bertz CT molecular complexity index is 758. The number of hydrogen-bond donors (Lipinski definition) is 1. The highest BCUT2D eigenvalue weighted by molar-refractivity contribution is 5.96. The van der Waals surface area contributed by atoms with Gasteiger partial charge < -0.3 is 14.8 Å². The second-order valence-electron chi connectivity index (χ2n) is 12.0. The van der Waals surface area contributed by atoms with Gasteiger partial charge in [-0.3, -0.25) is 0 Å². The van der Waals surface area contributed by atoms with Crippen LogP contribution in [0.15, 0.2) is 22.5 Å². The van der Waals surface area contributed by atoms with E-state index < -0.39 is 0 Å². The van der Waals surface area contributed by atoms with Gasteiger partial charge in [-0.25, -0.2) is 9.59 Å². The summed E-state index contributed by atoms with van der Waals surface area (Å²) in [5, 5.41) is 3.26. The molecule has 2 fully saturated rings. The Morgan fingerprint density at radius 1 is 0.735 bits per heavy atom. The fraction of sp³-hybridized carbons (Fsp3) is 0.793. The summed E-state index contributed by atoms with van der Waals surface area (Å²) in [6.45, 7) is 17.1. The maximum atomic E-state index is 13.3. The number of allylic oxidation sites excluding steroid dienone is 2. The van der Waals surface area contributed by atoms with E-state index >= 15 is 0 Å². The predicted molar refractivity (Wildman–Crippen MR) is 136 cm³/mol. The minimum absolute atomic E-state index is 0.0607. The number of esters is 2. The summed E-state index contributed by atoms with van der Waals surface area (Å²) >= 11 is 0. The van der Waals surface area contributed by atoms with Crippen LogP contribution in [0.2, 0.25) is 0 Å². The van der Waals surface area contributed by atoms with Gasteiger partial charge in [-0.15, -0.1) is 0 Å². The van der Waals surface area contributed by atoms with E-state index in [1.54, 1.807) is 0 Å². The third kappa shape index (κ3) is 6.26. The molecule has 1 N–H and O–H groups in total. The van der Waals surface area contributed by atoms with Crippen molar-refractivity contribution >= 4 is 11.9 Å². The van der Waals surface area contributed by atoms with E-state index in [-0.39, 0.29) is 30.6 Å².